The van der Waals surface area contributed by atoms with E-state index in [-0.39, 0.29) is 10.6 Å². The molecule has 0 saturated heterocycles. The smallest absolute Gasteiger partial charge is 0.263 e. The summed E-state index contributed by atoms with van der Waals surface area (Å²) in [5.41, 5.74) is -0.0481. The van der Waals surface area contributed by atoms with E-state index < -0.39 is 15.8 Å². The molecule has 1 heterocycles. The predicted molar refractivity (Wildman–Crippen MR) is 78.9 cm³/mol. The molecular formula is C13H15FN2O2S2. The molecule has 0 bridgehead atoms. The Bertz CT molecular complexity index is 683. The van der Waals surface area contributed by atoms with Crippen LogP contribution in [0.2, 0.25) is 0 Å². The molecule has 2 N–H and O–H groups in total. The third-order valence-electron chi connectivity index (χ3n) is 2.65. The molecule has 4 nitrogen and oxygen atoms in total. The van der Waals surface area contributed by atoms with Crippen LogP contribution in [0.15, 0.2) is 40.6 Å². The summed E-state index contributed by atoms with van der Waals surface area (Å²) >= 11 is 1.36. The van der Waals surface area contributed by atoms with E-state index in [0.717, 1.165) is 6.54 Å². The predicted octanol–water partition coefficient (Wildman–Crippen LogP) is 2.80. The van der Waals surface area contributed by atoms with Gasteiger partial charge in [-0.15, -0.1) is 11.3 Å². The van der Waals surface area contributed by atoms with Gasteiger partial charge in [0.1, 0.15) is 10.7 Å². The number of thiophene rings is 1. The summed E-state index contributed by atoms with van der Waals surface area (Å²) in [6.45, 7) is 3.17. The fraction of sp³-hybridized carbons (Fsp3) is 0.231. The van der Waals surface area contributed by atoms with Crippen LogP contribution in [-0.4, -0.2) is 15.0 Å². The number of nitrogens with one attached hydrogen (secondary N) is 2. The zero-order valence-electron chi connectivity index (χ0n) is 10.9. The fourth-order valence-electron chi connectivity index (χ4n) is 1.68. The van der Waals surface area contributed by atoms with Crippen molar-refractivity contribution in [2.24, 2.45) is 0 Å². The maximum absolute atomic E-state index is 13.5. The summed E-state index contributed by atoms with van der Waals surface area (Å²) in [6.07, 6.45) is 0. The van der Waals surface area contributed by atoms with E-state index in [1.165, 1.54) is 35.6 Å². The van der Waals surface area contributed by atoms with Crippen molar-refractivity contribution in [3.05, 3.63) is 46.4 Å². The zero-order chi connectivity index (χ0) is 14.6. The highest BCUT2D eigenvalue weighted by atomic mass is 32.2. The summed E-state index contributed by atoms with van der Waals surface area (Å²) in [4.78, 5) is 0.891. The van der Waals surface area contributed by atoms with E-state index in [0.29, 0.717) is 11.4 Å². The van der Waals surface area contributed by atoms with Gasteiger partial charge < -0.3 is 5.32 Å². The van der Waals surface area contributed by atoms with Crippen LogP contribution in [0.25, 0.3) is 0 Å². The Morgan fingerprint density at radius 2 is 2.00 bits per heavy atom. The van der Waals surface area contributed by atoms with Gasteiger partial charge in [-0.2, -0.15) is 0 Å². The van der Waals surface area contributed by atoms with Gasteiger partial charge in [-0.05, 0) is 30.1 Å². The van der Waals surface area contributed by atoms with Crippen molar-refractivity contribution >= 4 is 27.0 Å². The number of anilines is 1. The zero-order valence-corrected chi connectivity index (χ0v) is 12.5. The number of halogens is 1. The minimum atomic E-state index is -3.77. The summed E-state index contributed by atoms with van der Waals surface area (Å²) in [7, 11) is -3.77. The van der Waals surface area contributed by atoms with E-state index in [2.05, 4.69) is 10.0 Å². The number of hydrogen-bond donors (Lipinski definition) is 2. The minimum absolute atomic E-state index is 0.0481. The van der Waals surface area contributed by atoms with Gasteiger partial charge in [0.15, 0.2) is 0 Å². The second-order valence-corrected chi connectivity index (χ2v) is 6.73. The van der Waals surface area contributed by atoms with Crippen LogP contribution in [0, 0.1) is 5.82 Å². The maximum Gasteiger partial charge on any atom is 0.263 e. The molecule has 0 spiro atoms. The lowest BCUT2D eigenvalue weighted by Gasteiger charge is -2.09. The van der Waals surface area contributed by atoms with Gasteiger partial charge in [0.2, 0.25) is 0 Å². The van der Waals surface area contributed by atoms with Crippen LogP contribution in [0.1, 0.15) is 11.8 Å². The van der Waals surface area contributed by atoms with Gasteiger partial charge in [0, 0.05) is 11.4 Å². The van der Waals surface area contributed by atoms with Crippen LogP contribution in [-0.2, 0) is 16.6 Å². The first-order chi connectivity index (χ1) is 9.54. The molecular weight excluding hydrogens is 299 g/mol. The molecule has 0 saturated carbocycles. The van der Waals surface area contributed by atoms with Crippen LogP contribution >= 0.6 is 11.3 Å². The van der Waals surface area contributed by atoms with Crippen molar-refractivity contribution in [3.8, 4) is 0 Å². The van der Waals surface area contributed by atoms with Gasteiger partial charge in [0.05, 0.1) is 5.69 Å². The van der Waals surface area contributed by atoms with E-state index in [4.69, 9.17) is 0 Å². The molecule has 0 radical (unpaired) electrons. The highest BCUT2D eigenvalue weighted by Crippen LogP contribution is 2.25. The van der Waals surface area contributed by atoms with Crippen LogP contribution in [0.5, 0.6) is 0 Å². The summed E-state index contributed by atoms with van der Waals surface area (Å²) < 4.78 is 40.4. The number of benzene rings is 1. The molecule has 0 aliphatic heterocycles. The van der Waals surface area contributed by atoms with Crippen LogP contribution in [0.3, 0.4) is 0 Å². The Morgan fingerprint density at radius 1 is 1.25 bits per heavy atom. The first-order valence-corrected chi connectivity index (χ1v) is 8.45. The quantitative estimate of drug-likeness (QED) is 0.862. The molecule has 2 aromatic rings. The van der Waals surface area contributed by atoms with Crippen LogP contribution < -0.4 is 10.0 Å². The standard InChI is InChI=1S/C13H15FN2O2S2/c1-2-15-9-12-13(7-8-19-12)20(17,18)16-11-6-4-3-5-10(11)14/h3-8,15-16H,2,9H2,1H3. The highest BCUT2D eigenvalue weighted by molar-refractivity contribution is 7.93. The summed E-state index contributed by atoms with van der Waals surface area (Å²) in [5.74, 6) is -0.598. The maximum atomic E-state index is 13.5. The first-order valence-electron chi connectivity index (χ1n) is 6.09. The average molecular weight is 314 g/mol. The molecule has 0 fully saturated rings. The lowest BCUT2D eigenvalue weighted by atomic mass is 10.3. The first kappa shape index (κ1) is 15.0. The Morgan fingerprint density at radius 3 is 2.70 bits per heavy atom. The van der Waals surface area contributed by atoms with Crippen molar-refractivity contribution in [2.45, 2.75) is 18.4 Å². The van der Waals surface area contributed by atoms with E-state index in [1.54, 1.807) is 11.4 Å². The normalized spacial score (nSPS) is 11.5. The molecule has 20 heavy (non-hydrogen) atoms. The monoisotopic (exact) mass is 314 g/mol. The molecule has 0 atom stereocenters. The largest absolute Gasteiger partial charge is 0.312 e. The number of sulfonamides is 1. The van der Waals surface area contributed by atoms with Crippen LogP contribution in [0.4, 0.5) is 10.1 Å². The molecule has 1 aromatic heterocycles. The SMILES string of the molecule is CCNCc1sccc1S(=O)(=O)Nc1ccccc1F. The molecule has 0 unspecified atom stereocenters. The minimum Gasteiger partial charge on any atom is -0.312 e. The topological polar surface area (TPSA) is 58.2 Å². The Labute approximate surface area is 121 Å². The van der Waals surface area contributed by atoms with Crippen molar-refractivity contribution in [2.75, 3.05) is 11.3 Å². The number of para-hydroxylation sites is 1. The molecule has 0 aliphatic rings. The molecule has 0 amide bonds. The van der Waals surface area contributed by atoms with Gasteiger partial charge in [0.25, 0.3) is 10.0 Å². The lowest BCUT2D eigenvalue weighted by Crippen LogP contribution is -2.17. The fourth-order valence-corrected chi connectivity index (χ4v) is 4.16. The van der Waals surface area contributed by atoms with Gasteiger partial charge in [-0.1, -0.05) is 19.1 Å². The Kier molecular flexibility index (Phi) is 4.74. The van der Waals surface area contributed by atoms with E-state index in [9.17, 15) is 12.8 Å². The van der Waals surface area contributed by atoms with Gasteiger partial charge >= 0.3 is 0 Å². The molecule has 0 aliphatic carbocycles. The third-order valence-corrected chi connectivity index (χ3v) is 5.15. The van der Waals surface area contributed by atoms with E-state index >= 15 is 0 Å². The summed E-state index contributed by atoms with van der Waals surface area (Å²) in [5, 5.41) is 4.79. The Hall–Kier alpha value is -1.44. The molecule has 2 rings (SSSR count). The number of rotatable bonds is 6. The molecule has 108 valence electrons. The lowest BCUT2D eigenvalue weighted by molar-refractivity contribution is 0.597. The molecule has 1 aromatic carbocycles. The highest BCUT2D eigenvalue weighted by Gasteiger charge is 2.20. The van der Waals surface area contributed by atoms with Crippen molar-refractivity contribution in [1.82, 2.24) is 5.32 Å². The third kappa shape index (κ3) is 3.36. The number of hydrogen-bond acceptors (Lipinski definition) is 4. The van der Waals surface area contributed by atoms with Gasteiger partial charge in [-0.25, -0.2) is 12.8 Å². The second kappa shape index (κ2) is 6.34. The second-order valence-electron chi connectivity index (χ2n) is 4.07. The van der Waals surface area contributed by atoms with Crippen molar-refractivity contribution in [3.63, 3.8) is 0 Å². The van der Waals surface area contributed by atoms with E-state index in [1.807, 2.05) is 6.92 Å². The summed E-state index contributed by atoms with van der Waals surface area (Å²) in [6, 6.07) is 7.22. The Balaban J connectivity index is 2.27. The van der Waals surface area contributed by atoms with Gasteiger partial charge in [-0.3, -0.25) is 4.72 Å². The molecule has 7 heteroatoms. The van der Waals surface area contributed by atoms with Crippen molar-refractivity contribution in [1.29, 1.82) is 0 Å². The van der Waals surface area contributed by atoms with Crippen molar-refractivity contribution < 1.29 is 12.8 Å². The average Bonchev–Trinajstić information content (AvgIpc) is 2.88.